The summed E-state index contributed by atoms with van der Waals surface area (Å²) in [6.45, 7) is 0.226. The number of amides is 4. The van der Waals surface area contributed by atoms with Gasteiger partial charge in [-0.2, -0.15) is 0 Å². The molecule has 0 atom stereocenters. The molecule has 1 aliphatic carbocycles. The monoisotopic (exact) mass is 414 g/mol. The molecule has 8 nitrogen and oxygen atoms in total. The Labute approximate surface area is 175 Å². The lowest BCUT2D eigenvalue weighted by Gasteiger charge is -2.27. The normalized spacial score (nSPS) is 18.2. The summed E-state index contributed by atoms with van der Waals surface area (Å²) in [4.78, 5) is 38.7. The maximum atomic E-state index is 13.0. The van der Waals surface area contributed by atoms with Gasteiger partial charge in [0.25, 0.3) is 11.8 Å². The van der Waals surface area contributed by atoms with Crippen molar-refractivity contribution in [3.05, 3.63) is 34.9 Å². The van der Waals surface area contributed by atoms with Crippen LogP contribution in [0.5, 0.6) is 17.2 Å². The fourth-order valence-corrected chi connectivity index (χ4v) is 3.68. The van der Waals surface area contributed by atoms with E-state index < -0.39 is 17.8 Å². The first-order valence-corrected chi connectivity index (χ1v) is 9.85. The van der Waals surface area contributed by atoms with Crippen LogP contribution >= 0.6 is 0 Å². The molecule has 1 saturated heterocycles. The van der Waals surface area contributed by atoms with Crippen LogP contribution in [-0.2, 0) is 9.59 Å². The minimum Gasteiger partial charge on any atom is -0.493 e. The van der Waals surface area contributed by atoms with Crippen LogP contribution < -0.4 is 19.5 Å². The molecule has 0 radical (unpaired) electrons. The van der Waals surface area contributed by atoms with E-state index in [1.54, 1.807) is 12.1 Å². The molecule has 160 valence electrons. The summed E-state index contributed by atoms with van der Waals surface area (Å²) < 4.78 is 16.0. The molecule has 0 saturated carbocycles. The molecule has 3 rings (SSSR count). The number of barbiturate groups is 1. The minimum atomic E-state index is -0.741. The molecule has 1 N–H and O–H groups in total. The Kier molecular flexibility index (Phi) is 6.76. The summed E-state index contributed by atoms with van der Waals surface area (Å²) >= 11 is 0. The Hall–Kier alpha value is -3.29. The number of nitrogens with zero attached hydrogens (tertiary/aromatic N) is 1. The van der Waals surface area contributed by atoms with Gasteiger partial charge < -0.3 is 14.2 Å². The van der Waals surface area contributed by atoms with Gasteiger partial charge in [-0.3, -0.25) is 19.8 Å². The number of urea groups is 1. The highest BCUT2D eigenvalue weighted by molar-refractivity contribution is 6.31. The van der Waals surface area contributed by atoms with E-state index in [2.05, 4.69) is 11.4 Å². The van der Waals surface area contributed by atoms with Crippen molar-refractivity contribution in [3.8, 4) is 17.2 Å². The number of allylic oxidation sites excluding steroid dienone is 1. The van der Waals surface area contributed by atoms with Crippen LogP contribution in [0, 0.1) is 0 Å². The van der Waals surface area contributed by atoms with Gasteiger partial charge in [-0.15, -0.1) is 0 Å². The van der Waals surface area contributed by atoms with E-state index in [-0.39, 0.29) is 12.1 Å². The molecule has 4 amide bonds. The molecule has 1 aromatic rings. The van der Waals surface area contributed by atoms with Crippen LogP contribution in [0.1, 0.15) is 37.7 Å². The summed E-state index contributed by atoms with van der Waals surface area (Å²) in [5.74, 6) is -0.253. The number of hydrogen-bond acceptors (Lipinski definition) is 6. The second kappa shape index (κ2) is 9.47. The molecule has 2 aliphatic rings. The number of rotatable bonds is 7. The Morgan fingerprint density at radius 2 is 1.80 bits per heavy atom. The number of nitrogens with one attached hydrogen (secondary N) is 1. The topological polar surface area (TPSA) is 94.2 Å². The van der Waals surface area contributed by atoms with Crippen molar-refractivity contribution >= 4 is 23.9 Å². The van der Waals surface area contributed by atoms with Crippen molar-refractivity contribution in [1.82, 2.24) is 10.2 Å². The van der Waals surface area contributed by atoms with Gasteiger partial charge in [0.05, 0.1) is 21.3 Å². The smallest absolute Gasteiger partial charge is 0.331 e. The molecule has 30 heavy (non-hydrogen) atoms. The number of methoxy groups -OCH3 is 3. The van der Waals surface area contributed by atoms with E-state index >= 15 is 0 Å². The SMILES string of the molecule is COc1ccc(/C=C2\C(=O)NC(=O)N(CCC3=CCCCC3)C2=O)c(OC)c1OC. The van der Waals surface area contributed by atoms with Crippen molar-refractivity contribution in [2.24, 2.45) is 0 Å². The Morgan fingerprint density at radius 1 is 1.03 bits per heavy atom. The number of hydrogen-bond donors (Lipinski definition) is 1. The third-order valence-corrected chi connectivity index (χ3v) is 5.26. The van der Waals surface area contributed by atoms with E-state index in [9.17, 15) is 14.4 Å². The van der Waals surface area contributed by atoms with Crippen molar-refractivity contribution in [2.45, 2.75) is 32.1 Å². The quantitative estimate of drug-likeness (QED) is 0.419. The first-order chi connectivity index (χ1) is 14.5. The van der Waals surface area contributed by atoms with Crippen LogP contribution in [0.3, 0.4) is 0 Å². The van der Waals surface area contributed by atoms with Crippen molar-refractivity contribution < 1.29 is 28.6 Å². The number of carbonyl (C=O) groups excluding carboxylic acids is 3. The average Bonchev–Trinajstić information content (AvgIpc) is 2.76. The van der Waals surface area contributed by atoms with E-state index in [1.165, 1.54) is 39.4 Å². The van der Waals surface area contributed by atoms with Crippen LogP contribution in [0.25, 0.3) is 6.08 Å². The summed E-state index contributed by atoms with van der Waals surface area (Å²) in [5.41, 5.74) is 1.56. The second-order valence-electron chi connectivity index (χ2n) is 7.06. The molecular weight excluding hydrogens is 388 g/mol. The number of benzene rings is 1. The van der Waals surface area contributed by atoms with E-state index in [0.29, 0.717) is 29.2 Å². The zero-order chi connectivity index (χ0) is 21.7. The Morgan fingerprint density at radius 3 is 2.43 bits per heavy atom. The number of ether oxygens (including phenoxy) is 3. The predicted molar refractivity (Wildman–Crippen MR) is 110 cm³/mol. The molecule has 8 heteroatoms. The molecule has 1 aromatic carbocycles. The van der Waals surface area contributed by atoms with Gasteiger partial charge in [-0.25, -0.2) is 4.79 Å². The van der Waals surface area contributed by atoms with Gasteiger partial charge in [-0.1, -0.05) is 11.6 Å². The van der Waals surface area contributed by atoms with Gasteiger partial charge in [0.1, 0.15) is 5.57 Å². The molecule has 0 unspecified atom stereocenters. The first-order valence-electron chi connectivity index (χ1n) is 9.85. The zero-order valence-electron chi connectivity index (χ0n) is 17.4. The third kappa shape index (κ3) is 4.32. The summed E-state index contributed by atoms with van der Waals surface area (Å²) in [7, 11) is 4.42. The van der Waals surface area contributed by atoms with E-state index in [0.717, 1.165) is 24.2 Å². The molecule has 1 aliphatic heterocycles. The summed E-state index contributed by atoms with van der Waals surface area (Å²) in [6, 6.07) is 2.61. The van der Waals surface area contributed by atoms with E-state index in [4.69, 9.17) is 14.2 Å². The second-order valence-corrected chi connectivity index (χ2v) is 7.06. The van der Waals surface area contributed by atoms with Crippen molar-refractivity contribution in [3.63, 3.8) is 0 Å². The van der Waals surface area contributed by atoms with Gasteiger partial charge in [0, 0.05) is 12.1 Å². The highest BCUT2D eigenvalue weighted by Crippen LogP contribution is 2.40. The van der Waals surface area contributed by atoms with E-state index in [1.807, 2.05) is 0 Å². The molecule has 1 fully saturated rings. The largest absolute Gasteiger partial charge is 0.493 e. The molecule has 1 heterocycles. The van der Waals surface area contributed by atoms with Crippen LogP contribution in [0.4, 0.5) is 4.79 Å². The van der Waals surface area contributed by atoms with Crippen LogP contribution in [0.2, 0.25) is 0 Å². The fourth-order valence-electron chi connectivity index (χ4n) is 3.68. The predicted octanol–water partition coefficient (Wildman–Crippen LogP) is 3.06. The van der Waals surface area contributed by atoms with Gasteiger partial charge in [-0.05, 0) is 50.3 Å². The lowest BCUT2D eigenvalue weighted by molar-refractivity contribution is -0.130. The zero-order valence-corrected chi connectivity index (χ0v) is 17.4. The van der Waals surface area contributed by atoms with Gasteiger partial charge >= 0.3 is 6.03 Å². The number of imide groups is 2. The van der Waals surface area contributed by atoms with Gasteiger partial charge in [0.15, 0.2) is 11.5 Å². The Balaban J connectivity index is 1.89. The Bertz CT molecular complexity index is 918. The highest BCUT2D eigenvalue weighted by Gasteiger charge is 2.36. The summed E-state index contributed by atoms with van der Waals surface area (Å²) in [6.07, 6.45) is 8.48. The fraction of sp³-hybridized carbons (Fsp3) is 0.409. The number of carbonyl (C=O) groups is 3. The van der Waals surface area contributed by atoms with Crippen molar-refractivity contribution in [1.29, 1.82) is 0 Å². The molecular formula is C22H26N2O6. The highest BCUT2D eigenvalue weighted by atomic mass is 16.5. The maximum absolute atomic E-state index is 13.0. The van der Waals surface area contributed by atoms with Crippen molar-refractivity contribution in [2.75, 3.05) is 27.9 Å². The molecule has 0 aromatic heterocycles. The average molecular weight is 414 g/mol. The van der Waals surface area contributed by atoms with Crippen LogP contribution in [-0.4, -0.2) is 50.6 Å². The first kappa shape index (κ1) is 21.4. The lowest BCUT2D eigenvalue weighted by Crippen LogP contribution is -2.54. The van der Waals surface area contributed by atoms with Gasteiger partial charge in [0.2, 0.25) is 5.75 Å². The molecule has 0 spiro atoms. The third-order valence-electron chi connectivity index (χ3n) is 5.26. The van der Waals surface area contributed by atoms with Crippen LogP contribution in [0.15, 0.2) is 29.4 Å². The molecule has 0 bridgehead atoms. The maximum Gasteiger partial charge on any atom is 0.331 e. The lowest BCUT2D eigenvalue weighted by atomic mass is 9.97. The standard InChI is InChI=1S/C22H26N2O6/c1-28-17-10-9-15(18(29-2)19(17)30-3)13-16-20(25)23-22(27)24(21(16)26)12-11-14-7-5-4-6-8-14/h7,9-10,13H,4-6,8,11-12H2,1-3H3,(H,23,25,27)/b16-13+. The minimum absolute atomic E-state index is 0.141. The summed E-state index contributed by atoms with van der Waals surface area (Å²) in [5, 5.41) is 2.25.